The summed E-state index contributed by atoms with van der Waals surface area (Å²) in [7, 11) is 0. The molecule has 0 aliphatic rings. The summed E-state index contributed by atoms with van der Waals surface area (Å²) >= 11 is 0. The van der Waals surface area contributed by atoms with Crippen molar-refractivity contribution in [2.24, 2.45) is 5.92 Å². The van der Waals surface area contributed by atoms with Crippen LogP contribution in [0.15, 0.2) is 17.1 Å². The molecule has 0 saturated carbocycles. The fraction of sp³-hybridized carbons (Fsp3) is 0.455. The Hall–Kier alpha value is -1.58. The predicted octanol–water partition coefficient (Wildman–Crippen LogP) is 1.07. The smallest absolute Gasteiger partial charge is 0.256 e. The number of H-pyrrole nitrogens is 1. The van der Waals surface area contributed by atoms with Gasteiger partial charge in [-0.1, -0.05) is 13.8 Å². The van der Waals surface area contributed by atoms with Gasteiger partial charge in [-0.15, -0.1) is 0 Å². The van der Waals surface area contributed by atoms with E-state index in [-0.39, 0.29) is 16.9 Å². The molecule has 0 spiro atoms. The van der Waals surface area contributed by atoms with Crippen LogP contribution in [0.4, 0.5) is 0 Å². The standard InChI is InChI=1S/C11H16N2O2/c1-7(2)5-13-11(15)9-6-12-8(3)4-10(9)14/h4,6-7H,5H2,1-3H3,(H,12,14)(H,13,15). The zero-order chi connectivity index (χ0) is 11.4. The number of amides is 1. The van der Waals surface area contributed by atoms with Gasteiger partial charge in [0.25, 0.3) is 5.91 Å². The average molecular weight is 208 g/mol. The highest BCUT2D eigenvalue weighted by Crippen LogP contribution is 1.93. The Kier molecular flexibility index (Phi) is 3.66. The van der Waals surface area contributed by atoms with E-state index >= 15 is 0 Å². The van der Waals surface area contributed by atoms with Gasteiger partial charge in [-0.25, -0.2) is 0 Å². The van der Waals surface area contributed by atoms with Crippen molar-refractivity contribution in [2.45, 2.75) is 20.8 Å². The molecule has 2 N–H and O–H groups in total. The summed E-state index contributed by atoms with van der Waals surface area (Å²) in [6, 6.07) is 1.42. The van der Waals surface area contributed by atoms with Crippen LogP contribution >= 0.6 is 0 Å². The molecule has 82 valence electrons. The quantitative estimate of drug-likeness (QED) is 0.780. The lowest BCUT2D eigenvalue weighted by Crippen LogP contribution is -2.31. The highest BCUT2D eigenvalue weighted by Gasteiger charge is 2.09. The van der Waals surface area contributed by atoms with Crippen molar-refractivity contribution in [1.29, 1.82) is 0 Å². The Bertz CT molecular complexity index is 407. The third-order valence-corrected chi connectivity index (χ3v) is 1.97. The number of pyridine rings is 1. The van der Waals surface area contributed by atoms with Crippen LogP contribution in [0.2, 0.25) is 0 Å². The molecule has 0 aliphatic heterocycles. The first-order chi connectivity index (χ1) is 7.00. The number of aromatic amines is 1. The normalized spacial score (nSPS) is 10.4. The van der Waals surface area contributed by atoms with Crippen molar-refractivity contribution in [3.05, 3.63) is 33.7 Å². The molecule has 0 bridgehead atoms. The van der Waals surface area contributed by atoms with Gasteiger partial charge in [-0.3, -0.25) is 9.59 Å². The summed E-state index contributed by atoms with van der Waals surface area (Å²) in [5.41, 5.74) is 0.675. The number of hydrogen-bond donors (Lipinski definition) is 2. The Morgan fingerprint density at radius 2 is 2.20 bits per heavy atom. The van der Waals surface area contributed by atoms with Crippen molar-refractivity contribution in [3.63, 3.8) is 0 Å². The molecule has 0 aromatic carbocycles. The number of aryl methyl sites for hydroxylation is 1. The van der Waals surface area contributed by atoms with E-state index in [0.29, 0.717) is 12.5 Å². The average Bonchev–Trinajstić information content (AvgIpc) is 2.14. The third kappa shape index (κ3) is 3.23. The lowest BCUT2D eigenvalue weighted by atomic mass is 10.2. The van der Waals surface area contributed by atoms with Crippen molar-refractivity contribution in [2.75, 3.05) is 6.54 Å². The Morgan fingerprint density at radius 1 is 1.53 bits per heavy atom. The van der Waals surface area contributed by atoms with Gasteiger partial charge in [0.15, 0.2) is 5.43 Å². The van der Waals surface area contributed by atoms with Gasteiger partial charge < -0.3 is 10.3 Å². The highest BCUT2D eigenvalue weighted by molar-refractivity contribution is 5.93. The molecule has 1 amide bonds. The summed E-state index contributed by atoms with van der Waals surface area (Å²) in [5.74, 6) is 0.0587. The fourth-order valence-electron chi connectivity index (χ4n) is 1.14. The third-order valence-electron chi connectivity index (χ3n) is 1.97. The second-order valence-corrected chi connectivity index (χ2v) is 4.00. The molecule has 1 heterocycles. The number of aromatic nitrogens is 1. The molecule has 1 rings (SSSR count). The van der Waals surface area contributed by atoms with E-state index in [1.165, 1.54) is 12.3 Å². The molecule has 0 radical (unpaired) electrons. The molecular formula is C11H16N2O2. The molecule has 4 heteroatoms. The summed E-state index contributed by atoms with van der Waals surface area (Å²) in [6.45, 7) is 6.35. The molecule has 0 aliphatic carbocycles. The van der Waals surface area contributed by atoms with Crippen molar-refractivity contribution < 1.29 is 4.79 Å². The van der Waals surface area contributed by atoms with Crippen molar-refractivity contribution >= 4 is 5.91 Å². The summed E-state index contributed by atoms with van der Waals surface area (Å²) in [6.07, 6.45) is 1.45. The van der Waals surface area contributed by atoms with E-state index in [4.69, 9.17) is 0 Å². The molecular weight excluding hydrogens is 192 g/mol. The summed E-state index contributed by atoms with van der Waals surface area (Å²) < 4.78 is 0. The van der Waals surface area contributed by atoms with Crippen LogP contribution in [-0.2, 0) is 0 Å². The van der Waals surface area contributed by atoms with Crippen molar-refractivity contribution in [3.8, 4) is 0 Å². The van der Waals surface area contributed by atoms with E-state index in [1.54, 1.807) is 6.92 Å². The van der Waals surface area contributed by atoms with E-state index in [1.807, 2.05) is 13.8 Å². The van der Waals surface area contributed by atoms with Gasteiger partial charge in [0.2, 0.25) is 0 Å². The van der Waals surface area contributed by atoms with Crippen LogP contribution in [0.1, 0.15) is 29.9 Å². The van der Waals surface area contributed by atoms with Gasteiger partial charge in [0.05, 0.1) is 0 Å². The molecule has 0 unspecified atom stereocenters. The van der Waals surface area contributed by atoms with E-state index < -0.39 is 0 Å². The molecule has 15 heavy (non-hydrogen) atoms. The van der Waals surface area contributed by atoms with Gasteiger partial charge in [0, 0.05) is 24.5 Å². The maximum Gasteiger partial charge on any atom is 0.256 e. The Balaban J connectivity index is 2.79. The topological polar surface area (TPSA) is 62.0 Å². The largest absolute Gasteiger partial charge is 0.364 e. The summed E-state index contributed by atoms with van der Waals surface area (Å²) in [5, 5.41) is 2.70. The number of rotatable bonds is 3. The lowest BCUT2D eigenvalue weighted by molar-refractivity contribution is 0.0947. The Labute approximate surface area is 88.7 Å². The van der Waals surface area contributed by atoms with Gasteiger partial charge >= 0.3 is 0 Å². The number of nitrogens with one attached hydrogen (secondary N) is 2. The van der Waals surface area contributed by atoms with Gasteiger partial charge in [-0.2, -0.15) is 0 Å². The minimum atomic E-state index is -0.315. The van der Waals surface area contributed by atoms with Gasteiger partial charge in [0.1, 0.15) is 5.56 Å². The molecule has 0 atom stereocenters. The van der Waals surface area contributed by atoms with Crippen LogP contribution in [-0.4, -0.2) is 17.4 Å². The molecule has 1 aromatic heterocycles. The molecule has 0 saturated heterocycles. The first-order valence-electron chi connectivity index (χ1n) is 4.98. The minimum absolute atomic E-state index is 0.168. The number of carbonyl (C=O) groups excluding carboxylic acids is 1. The first-order valence-corrected chi connectivity index (χ1v) is 4.98. The first kappa shape index (κ1) is 11.5. The molecule has 0 fully saturated rings. The zero-order valence-electron chi connectivity index (χ0n) is 9.26. The summed E-state index contributed by atoms with van der Waals surface area (Å²) in [4.78, 5) is 25.8. The van der Waals surface area contributed by atoms with Crippen LogP contribution in [0, 0.1) is 12.8 Å². The minimum Gasteiger partial charge on any atom is -0.364 e. The second kappa shape index (κ2) is 4.77. The fourth-order valence-corrected chi connectivity index (χ4v) is 1.14. The van der Waals surface area contributed by atoms with E-state index in [0.717, 1.165) is 5.69 Å². The predicted molar refractivity (Wildman–Crippen MR) is 59.0 cm³/mol. The number of carbonyl (C=O) groups is 1. The maximum absolute atomic E-state index is 11.6. The second-order valence-electron chi connectivity index (χ2n) is 4.00. The monoisotopic (exact) mass is 208 g/mol. The highest BCUT2D eigenvalue weighted by atomic mass is 16.2. The van der Waals surface area contributed by atoms with Crippen molar-refractivity contribution in [1.82, 2.24) is 10.3 Å². The Morgan fingerprint density at radius 3 is 2.73 bits per heavy atom. The van der Waals surface area contributed by atoms with Crippen LogP contribution in [0.5, 0.6) is 0 Å². The van der Waals surface area contributed by atoms with E-state index in [2.05, 4.69) is 10.3 Å². The number of hydrogen-bond acceptors (Lipinski definition) is 2. The van der Waals surface area contributed by atoms with Gasteiger partial charge in [-0.05, 0) is 12.8 Å². The lowest BCUT2D eigenvalue weighted by Gasteiger charge is -2.06. The van der Waals surface area contributed by atoms with Crippen LogP contribution < -0.4 is 10.7 Å². The molecule has 1 aromatic rings. The van der Waals surface area contributed by atoms with Crippen LogP contribution in [0.25, 0.3) is 0 Å². The SMILES string of the molecule is Cc1cc(=O)c(C(=O)NCC(C)C)c[nH]1. The van der Waals surface area contributed by atoms with E-state index in [9.17, 15) is 9.59 Å². The molecule has 4 nitrogen and oxygen atoms in total. The maximum atomic E-state index is 11.6. The van der Waals surface area contributed by atoms with Crippen LogP contribution in [0.3, 0.4) is 0 Å². The zero-order valence-corrected chi connectivity index (χ0v) is 9.26.